The van der Waals surface area contributed by atoms with E-state index in [4.69, 9.17) is 4.74 Å². The molecular formula is C28H34N2O5. The molecule has 0 spiro atoms. The molecule has 1 saturated heterocycles. The molecule has 0 radical (unpaired) electrons. The van der Waals surface area contributed by atoms with Crippen molar-refractivity contribution in [1.82, 2.24) is 10.2 Å². The standard InChI is InChI=1S/C28H34N2O5/c1-27(2,25(33)30-15-9-10-18(16-30)24(31)32)28(3,4)29-26(34)35-17-23-21-13-7-5-11-19(21)20-12-6-8-14-22(20)23/h5-8,11-14,18,23H,9-10,15-17H2,1-4H3,(H,29,34)(H,31,32)/t18-/m0/s1. The smallest absolute Gasteiger partial charge is 0.407 e. The van der Waals surface area contributed by atoms with Gasteiger partial charge in [-0.15, -0.1) is 0 Å². The number of likely N-dealkylation sites (tertiary alicyclic amines) is 1. The molecule has 186 valence electrons. The SMILES string of the molecule is CC(C)(NC(=O)OCC1c2ccccc2-c2ccccc21)C(C)(C)C(=O)N1CCC[C@H](C(=O)O)C1. The van der Waals surface area contributed by atoms with Crippen LogP contribution in [0, 0.1) is 11.3 Å². The molecule has 2 aromatic rings. The third kappa shape index (κ3) is 4.64. The summed E-state index contributed by atoms with van der Waals surface area (Å²) < 4.78 is 5.69. The molecule has 0 bridgehead atoms. The number of carbonyl (C=O) groups excluding carboxylic acids is 2. The van der Waals surface area contributed by atoms with E-state index >= 15 is 0 Å². The van der Waals surface area contributed by atoms with Crippen molar-refractivity contribution in [3.05, 3.63) is 59.7 Å². The third-order valence-electron chi connectivity index (χ3n) is 7.91. The van der Waals surface area contributed by atoms with E-state index in [1.165, 1.54) is 0 Å². The molecule has 1 heterocycles. The van der Waals surface area contributed by atoms with Gasteiger partial charge in [-0.2, -0.15) is 0 Å². The molecule has 0 aromatic heterocycles. The van der Waals surface area contributed by atoms with Crippen LogP contribution < -0.4 is 5.32 Å². The fraction of sp³-hybridized carbons (Fsp3) is 0.464. The van der Waals surface area contributed by atoms with E-state index in [1.807, 2.05) is 24.3 Å². The number of nitrogens with one attached hydrogen (secondary N) is 1. The number of carboxylic acid groups (broad SMARTS) is 1. The van der Waals surface area contributed by atoms with Crippen LogP contribution in [0.15, 0.2) is 48.5 Å². The van der Waals surface area contributed by atoms with Crippen LogP contribution in [0.2, 0.25) is 0 Å². The average molecular weight is 479 g/mol. The van der Waals surface area contributed by atoms with E-state index in [9.17, 15) is 19.5 Å². The molecule has 7 nitrogen and oxygen atoms in total. The van der Waals surface area contributed by atoms with Crippen LogP contribution in [-0.4, -0.2) is 53.2 Å². The first-order valence-corrected chi connectivity index (χ1v) is 12.2. The number of aliphatic carboxylic acids is 1. The molecule has 2 aromatic carbocycles. The summed E-state index contributed by atoms with van der Waals surface area (Å²) in [6.07, 6.45) is 0.639. The van der Waals surface area contributed by atoms with Gasteiger partial charge in [-0.3, -0.25) is 9.59 Å². The first-order valence-electron chi connectivity index (χ1n) is 12.2. The summed E-state index contributed by atoms with van der Waals surface area (Å²) in [5.41, 5.74) is 2.68. The largest absolute Gasteiger partial charge is 0.481 e. The monoisotopic (exact) mass is 478 g/mol. The highest BCUT2D eigenvalue weighted by atomic mass is 16.5. The maximum absolute atomic E-state index is 13.4. The van der Waals surface area contributed by atoms with Gasteiger partial charge in [0.25, 0.3) is 0 Å². The zero-order valence-electron chi connectivity index (χ0n) is 20.8. The second-order valence-electron chi connectivity index (χ2n) is 10.6. The first kappa shape index (κ1) is 24.8. The van der Waals surface area contributed by atoms with Crippen LogP contribution in [0.3, 0.4) is 0 Å². The first-order chi connectivity index (χ1) is 16.5. The quantitative estimate of drug-likeness (QED) is 0.630. The molecule has 1 aliphatic carbocycles. The van der Waals surface area contributed by atoms with Crippen LogP contribution in [0.1, 0.15) is 57.6 Å². The minimum atomic E-state index is -0.973. The third-order valence-corrected chi connectivity index (χ3v) is 7.91. The van der Waals surface area contributed by atoms with Crippen molar-refractivity contribution in [2.75, 3.05) is 19.7 Å². The number of ether oxygens (including phenoxy) is 1. The Balaban J connectivity index is 1.42. The molecule has 0 saturated carbocycles. The van der Waals surface area contributed by atoms with Gasteiger partial charge in [0.05, 0.1) is 16.9 Å². The number of fused-ring (bicyclic) bond motifs is 3. The predicted octanol–water partition coefficient (Wildman–Crippen LogP) is 4.65. The Labute approximate surface area is 206 Å². The zero-order valence-corrected chi connectivity index (χ0v) is 20.8. The van der Waals surface area contributed by atoms with E-state index in [0.717, 1.165) is 22.3 Å². The number of carbonyl (C=O) groups is 3. The summed E-state index contributed by atoms with van der Waals surface area (Å²) >= 11 is 0. The van der Waals surface area contributed by atoms with Gasteiger partial charge in [0.1, 0.15) is 6.61 Å². The molecule has 1 fully saturated rings. The maximum atomic E-state index is 13.4. The van der Waals surface area contributed by atoms with Crippen LogP contribution in [0.25, 0.3) is 11.1 Å². The Bertz CT molecular complexity index is 1090. The molecule has 2 amide bonds. The molecule has 7 heteroatoms. The van der Waals surface area contributed by atoms with Gasteiger partial charge < -0.3 is 20.1 Å². The number of alkyl carbamates (subject to hydrolysis) is 1. The second-order valence-corrected chi connectivity index (χ2v) is 10.6. The Kier molecular flexibility index (Phi) is 6.62. The summed E-state index contributed by atoms with van der Waals surface area (Å²) in [4.78, 5) is 39.3. The van der Waals surface area contributed by atoms with Gasteiger partial charge in [0, 0.05) is 19.0 Å². The molecule has 0 unspecified atom stereocenters. The number of hydrogen-bond donors (Lipinski definition) is 2. The van der Waals surface area contributed by atoms with Crippen LogP contribution in [0.5, 0.6) is 0 Å². The summed E-state index contributed by atoms with van der Waals surface area (Å²) in [7, 11) is 0. The van der Waals surface area contributed by atoms with Crippen LogP contribution in [0.4, 0.5) is 4.79 Å². The predicted molar refractivity (Wildman–Crippen MR) is 133 cm³/mol. The fourth-order valence-corrected chi connectivity index (χ4v) is 5.07. The lowest BCUT2D eigenvalue weighted by Gasteiger charge is -2.44. The lowest BCUT2D eigenvalue weighted by Crippen LogP contribution is -2.61. The molecule has 4 rings (SSSR count). The molecule has 2 N–H and O–H groups in total. The average Bonchev–Trinajstić information content (AvgIpc) is 3.15. The van der Waals surface area contributed by atoms with Crippen LogP contribution >= 0.6 is 0 Å². The fourth-order valence-electron chi connectivity index (χ4n) is 5.07. The highest BCUT2D eigenvalue weighted by Gasteiger charge is 2.47. The van der Waals surface area contributed by atoms with Crippen LogP contribution in [-0.2, 0) is 14.3 Å². The van der Waals surface area contributed by atoms with Crippen molar-refractivity contribution in [3.63, 3.8) is 0 Å². The van der Waals surface area contributed by atoms with Crippen molar-refractivity contribution in [3.8, 4) is 11.1 Å². The van der Waals surface area contributed by atoms with E-state index < -0.39 is 28.9 Å². The van der Waals surface area contributed by atoms with Gasteiger partial charge in [-0.1, -0.05) is 48.5 Å². The highest BCUT2D eigenvalue weighted by molar-refractivity contribution is 5.85. The van der Waals surface area contributed by atoms with Crippen molar-refractivity contribution in [1.29, 1.82) is 0 Å². The normalized spacial score (nSPS) is 17.9. The number of hydrogen-bond acceptors (Lipinski definition) is 4. The Morgan fingerprint density at radius 3 is 2.14 bits per heavy atom. The van der Waals surface area contributed by atoms with E-state index in [2.05, 4.69) is 29.6 Å². The Morgan fingerprint density at radius 1 is 1.00 bits per heavy atom. The van der Waals surface area contributed by atoms with E-state index in [-0.39, 0.29) is 25.0 Å². The second kappa shape index (κ2) is 9.36. The number of amides is 2. The highest BCUT2D eigenvalue weighted by Crippen LogP contribution is 2.44. The van der Waals surface area contributed by atoms with Gasteiger partial charge in [0.2, 0.25) is 5.91 Å². The minimum absolute atomic E-state index is 0.0489. The van der Waals surface area contributed by atoms with Gasteiger partial charge in [0.15, 0.2) is 0 Å². The van der Waals surface area contributed by atoms with Gasteiger partial charge >= 0.3 is 12.1 Å². The van der Waals surface area contributed by atoms with Crippen molar-refractivity contribution in [2.45, 2.75) is 52.0 Å². The summed E-state index contributed by atoms with van der Waals surface area (Å²) in [6.45, 7) is 8.06. The molecule has 1 atom stereocenters. The molecule has 2 aliphatic rings. The number of nitrogens with zero attached hydrogens (tertiary/aromatic N) is 1. The number of benzene rings is 2. The van der Waals surface area contributed by atoms with Gasteiger partial charge in [-0.05, 0) is 62.8 Å². The molecular weight excluding hydrogens is 444 g/mol. The summed E-state index contributed by atoms with van der Waals surface area (Å²) in [6, 6.07) is 16.3. The lowest BCUT2D eigenvalue weighted by atomic mass is 9.73. The zero-order chi connectivity index (χ0) is 25.4. The van der Waals surface area contributed by atoms with Crippen molar-refractivity contribution in [2.24, 2.45) is 11.3 Å². The minimum Gasteiger partial charge on any atom is -0.481 e. The number of piperidine rings is 1. The number of rotatable bonds is 6. The maximum Gasteiger partial charge on any atom is 0.407 e. The lowest BCUT2D eigenvalue weighted by molar-refractivity contribution is -0.150. The van der Waals surface area contributed by atoms with Crippen molar-refractivity contribution < 1.29 is 24.2 Å². The summed E-state index contributed by atoms with van der Waals surface area (Å²) in [5, 5.41) is 12.3. The Morgan fingerprint density at radius 2 is 1.57 bits per heavy atom. The molecule has 35 heavy (non-hydrogen) atoms. The summed E-state index contributed by atoms with van der Waals surface area (Å²) in [5.74, 6) is -1.65. The number of carboxylic acids is 1. The Hall–Kier alpha value is -3.35. The van der Waals surface area contributed by atoms with Crippen molar-refractivity contribution >= 4 is 18.0 Å². The topological polar surface area (TPSA) is 95.9 Å². The van der Waals surface area contributed by atoms with E-state index in [0.29, 0.717) is 19.4 Å². The van der Waals surface area contributed by atoms with E-state index in [1.54, 1.807) is 32.6 Å². The van der Waals surface area contributed by atoms with Gasteiger partial charge in [-0.25, -0.2) is 4.79 Å². The molecule has 1 aliphatic heterocycles.